The summed E-state index contributed by atoms with van der Waals surface area (Å²) in [5.41, 5.74) is 0.222. The lowest BCUT2D eigenvalue weighted by Gasteiger charge is -2.27. The van der Waals surface area contributed by atoms with Gasteiger partial charge in [0.2, 0.25) is 0 Å². The summed E-state index contributed by atoms with van der Waals surface area (Å²) in [6.07, 6.45) is 0.451. The van der Waals surface area contributed by atoms with Gasteiger partial charge >= 0.3 is 11.9 Å². The first-order valence-electron chi connectivity index (χ1n) is 5.90. The van der Waals surface area contributed by atoms with E-state index in [1.165, 1.54) is 29.2 Å². The number of carbonyl (C=O) groups is 2. The zero-order valence-corrected chi connectivity index (χ0v) is 10.3. The third-order valence-corrected chi connectivity index (χ3v) is 3.31. The Morgan fingerprint density at radius 2 is 1.55 bits per heavy atom. The second-order valence-corrected chi connectivity index (χ2v) is 4.47. The monoisotopic (exact) mass is 280 g/mol. The highest BCUT2D eigenvalue weighted by Gasteiger charge is 2.41. The lowest BCUT2D eigenvalue weighted by molar-refractivity contribution is -0.384. The second-order valence-electron chi connectivity index (χ2n) is 4.47. The minimum absolute atomic E-state index is 0.133. The van der Waals surface area contributed by atoms with Gasteiger partial charge in [0, 0.05) is 17.8 Å². The highest BCUT2D eigenvalue weighted by atomic mass is 16.6. The molecule has 0 aromatic heterocycles. The molecule has 1 fully saturated rings. The second kappa shape index (κ2) is 5.16. The number of nitro benzene ring substituents is 1. The van der Waals surface area contributed by atoms with Gasteiger partial charge < -0.3 is 15.1 Å². The third kappa shape index (κ3) is 2.40. The van der Waals surface area contributed by atoms with E-state index in [-0.39, 0.29) is 18.5 Å². The van der Waals surface area contributed by atoms with Crippen molar-refractivity contribution in [1.29, 1.82) is 0 Å². The lowest BCUT2D eigenvalue weighted by atomic mass is 10.2. The maximum Gasteiger partial charge on any atom is 0.326 e. The maximum absolute atomic E-state index is 11.2. The van der Waals surface area contributed by atoms with Gasteiger partial charge in [0.05, 0.1) is 4.92 Å². The van der Waals surface area contributed by atoms with Crippen LogP contribution in [-0.2, 0) is 9.59 Å². The molecule has 0 bridgehead atoms. The van der Waals surface area contributed by atoms with E-state index in [9.17, 15) is 19.7 Å². The fourth-order valence-electron chi connectivity index (χ4n) is 2.40. The number of carboxylic acids is 2. The molecule has 0 aliphatic carbocycles. The molecule has 106 valence electrons. The first kappa shape index (κ1) is 13.8. The topological polar surface area (TPSA) is 121 Å². The molecule has 2 N–H and O–H groups in total. The molecule has 8 nitrogen and oxygen atoms in total. The Hall–Kier alpha value is -2.64. The number of anilines is 1. The van der Waals surface area contributed by atoms with Crippen LogP contribution in [0.25, 0.3) is 0 Å². The Kier molecular flexibility index (Phi) is 3.55. The molecule has 1 aromatic rings. The predicted octanol–water partition coefficient (Wildman–Crippen LogP) is 1.10. The van der Waals surface area contributed by atoms with Crippen LogP contribution in [0.2, 0.25) is 0 Å². The summed E-state index contributed by atoms with van der Waals surface area (Å²) < 4.78 is 0. The Balaban J connectivity index is 2.36. The molecule has 2 atom stereocenters. The maximum atomic E-state index is 11.2. The van der Waals surface area contributed by atoms with Crippen LogP contribution in [0.3, 0.4) is 0 Å². The molecule has 1 aromatic carbocycles. The highest BCUT2D eigenvalue weighted by molar-refractivity contribution is 5.86. The van der Waals surface area contributed by atoms with E-state index in [0.29, 0.717) is 5.69 Å². The summed E-state index contributed by atoms with van der Waals surface area (Å²) in [6, 6.07) is 3.33. The standard InChI is InChI=1S/C12H12N2O6/c15-11(16)9-5-6-10(12(17)18)13(9)7-1-3-8(4-2-7)14(19)20/h1-4,9-10H,5-6H2,(H,15,16)(H,17,18). The van der Waals surface area contributed by atoms with Crippen LogP contribution in [0.1, 0.15) is 12.8 Å². The summed E-state index contributed by atoms with van der Waals surface area (Å²) in [4.78, 5) is 33.7. The van der Waals surface area contributed by atoms with Crippen molar-refractivity contribution >= 4 is 23.3 Å². The van der Waals surface area contributed by atoms with E-state index >= 15 is 0 Å². The van der Waals surface area contributed by atoms with Gasteiger partial charge in [0.15, 0.2) is 0 Å². The average molecular weight is 280 g/mol. The van der Waals surface area contributed by atoms with E-state index in [0.717, 1.165) is 0 Å². The van der Waals surface area contributed by atoms with Crippen molar-refractivity contribution in [2.75, 3.05) is 4.90 Å². The Labute approximate surface area is 113 Å². The number of rotatable bonds is 4. The van der Waals surface area contributed by atoms with Crippen molar-refractivity contribution in [2.45, 2.75) is 24.9 Å². The number of non-ortho nitro benzene ring substituents is 1. The SMILES string of the molecule is O=C(O)C1CCC(C(=O)O)N1c1ccc([N+](=O)[O-])cc1. The molecular formula is C12H12N2O6. The van der Waals surface area contributed by atoms with Crippen LogP contribution in [-0.4, -0.2) is 39.2 Å². The summed E-state index contributed by atoms with van der Waals surface area (Å²) >= 11 is 0. The first-order chi connectivity index (χ1) is 9.41. The minimum atomic E-state index is -1.10. The number of hydrogen-bond acceptors (Lipinski definition) is 5. The summed E-state index contributed by atoms with van der Waals surface area (Å²) in [6.45, 7) is 0. The number of carboxylic acid groups (broad SMARTS) is 2. The molecular weight excluding hydrogens is 268 g/mol. The van der Waals surface area contributed by atoms with Gasteiger partial charge in [0.1, 0.15) is 12.1 Å². The molecule has 1 aliphatic heterocycles. The first-order valence-corrected chi connectivity index (χ1v) is 5.90. The average Bonchev–Trinajstić information content (AvgIpc) is 2.83. The smallest absolute Gasteiger partial charge is 0.326 e. The van der Waals surface area contributed by atoms with Gasteiger partial charge in [-0.25, -0.2) is 9.59 Å². The Morgan fingerprint density at radius 3 is 1.90 bits per heavy atom. The van der Waals surface area contributed by atoms with Gasteiger partial charge in [-0.1, -0.05) is 0 Å². The van der Waals surface area contributed by atoms with E-state index in [2.05, 4.69) is 0 Å². The van der Waals surface area contributed by atoms with Crippen LogP contribution in [0.4, 0.5) is 11.4 Å². The molecule has 0 saturated carbocycles. The fourth-order valence-corrected chi connectivity index (χ4v) is 2.40. The summed E-state index contributed by atoms with van der Waals surface area (Å²) in [7, 11) is 0. The molecule has 0 amide bonds. The lowest BCUT2D eigenvalue weighted by Crippen LogP contribution is -2.44. The molecule has 1 saturated heterocycles. The Morgan fingerprint density at radius 1 is 1.10 bits per heavy atom. The third-order valence-electron chi connectivity index (χ3n) is 3.31. The number of aliphatic carboxylic acids is 2. The van der Waals surface area contributed by atoms with Crippen molar-refractivity contribution < 1.29 is 24.7 Å². The van der Waals surface area contributed by atoms with Crippen LogP contribution >= 0.6 is 0 Å². The van der Waals surface area contributed by atoms with E-state index in [1.807, 2.05) is 0 Å². The number of hydrogen-bond donors (Lipinski definition) is 2. The Bertz CT molecular complexity index is 534. The normalized spacial score (nSPS) is 21.7. The fraction of sp³-hybridized carbons (Fsp3) is 0.333. The molecule has 8 heteroatoms. The van der Waals surface area contributed by atoms with E-state index < -0.39 is 28.9 Å². The van der Waals surface area contributed by atoms with Crippen molar-refractivity contribution in [3.8, 4) is 0 Å². The highest BCUT2D eigenvalue weighted by Crippen LogP contribution is 2.32. The van der Waals surface area contributed by atoms with Crippen LogP contribution in [0, 0.1) is 10.1 Å². The van der Waals surface area contributed by atoms with Crippen molar-refractivity contribution in [3.63, 3.8) is 0 Å². The van der Waals surface area contributed by atoms with Gasteiger partial charge in [-0.05, 0) is 25.0 Å². The van der Waals surface area contributed by atoms with Crippen LogP contribution < -0.4 is 4.90 Å². The van der Waals surface area contributed by atoms with Crippen molar-refractivity contribution in [3.05, 3.63) is 34.4 Å². The van der Waals surface area contributed by atoms with Crippen LogP contribution in [0.15, 0.2) is 24.3 Å². The quantitative estimate of drug-likeness (QED) is 0.625. The molecule has 2 rings (SSSR count). The minimum Gasteiger partial charge on any atom is -0.480 e. The number of nitrogens with zero attached hydrogens (tertiary/aromatic N) is 2. The predicted molar refractivity (Wildman–Crippen MR) is 67.7 cm³/mol. The summed E-state index contributed by atoms with van der Waals surface area (Å²) in [5.74, 6) is -2.21. The van der Waals surface area contributed by atoms with E-state index in [4.69, 9.17) is 10.2 Å². The summed E-state index contributed by atoms with van der Waals surface area (Å²) in [5, 5.41) is 28.9. The van der Waals surface area contributed by atoms with Gasteiger partial charge in [-0.2, -0.15) is 0 Å². The van der Waals surface area contributed by atoms with Crippen molar-refractivity contribution in [1.82, 2.24) is 0 Å². The van der Waals surface area contributed by atoms with Crippen LogP contribution in [0.5, 0.6) is 0 Å². The molecule has 0 spiro atoms. The van der Waals surface area contributed by atoms with Gasteiger partial charge in [-0.15, -0.1) is 0 Å². The van der Waals surface area contributed by atoms with Crippen molar-refractivity contribution in [2.24, 2.45) is 0 Å². The molecule has 2 unspecified atom stereocenters. The number of nitro groups is 1. The molecule has 1 aliphatic rings. The largest absolute Gasteiger partial charge is 0.480 e. The molecule has 0 radical (unpaired) electrons. The number of benzene rings is 1. The van der Waals surface area contributed by atoms with E-state index in [1.54, 1.807) is 0 Å². The molecule has 20 heavy (non-hydrogen) atoms. The van der Waals surface area contributed by atoms with Gasteiger partial charge in [0.25, 0.3) is 5.69 Å². The zero-order chi connectivity index (χ0) is 14.9. The van der Waals surface area contributed by atoms with Gasteiger partial charge in [-0.3, -0.25) is 10.1 Å². The zero-order valence-electron chi connectivity index (χ0n) is 10.3. The molecule has 1 heterocycles.